The van der Waals surface area contributed by atoms with Crippen LogP contribution in [0, 0.1) is 0 Å². The van der Waals surface area contributed by atoms with Crippen LogP contribution in [-0.4, -0.2) is 30.2 Å². The summed E-state index contributed by atoms with van der Waals surface area (Å²) in [5.41, 5.74) is 2.37. The number of nitrogens with one attached hydrogen (secondary N) is 1. The van der Waals surface area contributed by atoms with E-state index in [2.05, 4.69) is 15.3 Å². The minimum absolute atomic E-state index is 0.438. The van der Waals surface area contributed by atoms with Crippen LogP contribution in [0.2, 0.25) is 10.0 Å². The molecule has 1 aliphatic carbocycles. The summed E-state index contributed by atoms with van der Waals surface area (Å²) in [5, 5.41) is 5.21. The molecule has 1 heterocycles. The number of hydrogen-bond acceptors (Lipinski definition) is 5. The Labute approximate surface area is 174 Å². The van der Waals surface area contributed by atoms with Crippen molar-refractivity contribution >= 4 is 40.1 Å². The summed E-state index contributed by atoms with van der Waals surface area (Å²) < 4.78 is 10.7. The molecule has 0 atom stereocenters. The Bertz CT molecular complexity index is 992. The van der Waals surface area contributed by atoms with Gasteiger partial charge in [-0.3, -0.25) is 0 Å². The predicted molar refractivity (Wildman–Crippen MR) is 114 cm³/mol. The smallest absolute Gasteiger partial charge is 0.223 e. The van der Waals surface area contributed by atoms with Crippen LogP contribution in [0.15, 0.2) is 30.5 Å². The standard InChI is InChI=1S/C21H21Cl2N3O2/c1-27-16-10-17(28-2)20(23)18(19(16)22)12-7-8-15-13(9-12)11-24-21(26-15)25-14-5-3-4-6-14/h7-11,14H,3-6H2,1-2H3,(H,24,25,26). The molecular weight excluding hydrogens is 397 g/mol. The molecular formula is C21H21Cl2N3O2. The third-order valence-electron chi connectivity index (χ3n) is 5.13. The van der Waals surface area contributed by atoms with Gasteiger partial charge in [0.05, 0.1) is 29.8 Å². The van der Waals surface area contributed by atoms with Crippen LogP contribution in [0.3, 0.4) is 0 Å². The zero-order valence-electron chi connectivity index (χ0n) is 15.8. The molecule has 1 aromatic heterocycles. The van der Waals surface area contributed by atoms with Gasteiger partial charge in [-0.05, 0) is 30.5 Å². The second-order valence-corrected chi connectivity index (χ2v) is 7.63. The Morgan fingerprint density at radius 2 is 1.68 bits per heavy atom. The molecule has 0 unspecified atom stereocenters. The molecule has 28 heavy (non-hydrogen) atoms. The van der Waals surface area contributed by atoms with Gasteiger partial charge in [0.15, 0.2) is 0 Å². The topological polar surface area (TPSA) is 56.3 Å². The van der Waals surface area contributed by atoms with Gasteiger partial charge < -0.3 is 14.8 Å². The van der Waals surface area contributed by atoms with E-state index in [-0.39, 0.29) is 0 Å². The van der Waals surface area contributed by atoms with E-state index in [0.29, 0.717) is 39.1 Å². The second kappa shape index (κ2) is 8.02. The van der Waals surface area contributed by atoms with E-state index in [1.54, 1.807) is 20.3 Å². The van der Waals surface area contributed by atoms with E-state index in [0.717, 1.165) is 16.5 Å². The van der Waals surface area contributed by atoms with Crippen molar-refractivity contribution in [1.82, 2.24) is 9.97 Å². The van der Waals surface area contributed by atoms with Crippen molar-refractivity contribution in [2.24, 2.45) is 0 Å². The Morgan fingerprint density at radius 3 is 2.32 bits per heavy atom. The first-order chi connectivity index (χ1) is 13.6. The first-order valence-corrected chi connectivity index (χ1v) is 10.00. The lowest BCUT2D eigenvalue weighted by Crippen LogP contribution is -2.16. The summed E-state index contributed by atoms with van der Waals surface area (Å²) in [6, 6.07) is 8.02. The molecule has 7 heteroatoms. The minimum atomic E-state index is 0.438. The van der Waals surface area contributed by atoms with Gasteiger partial charge in [-0.1, -0.05) is 42.1 Å². The molecule has 0 spiro atoms. The van der Waals surface area contributed by atoms with Gasteiger partial charge in [0.2, 0.25) is 5.95 Å². The first kappa shape index (κ1) is 19.1. The lowest BCUT2D eigenvalue weighted by atomic mass is 10.0. The number of halogens is 2. The first-order valence-electron chi connectivity index (χ1n) is 9.24. The lowest BCUT2D eigenvalue weighted by molar-refractivity contribution is 0.395. The number of methoxy groups -OCH3 is 2. The Morgan fingerprint density at radius 1 is 1.00 bits per heavy atom. The number of ether oxygens (including phenoxy) is 2. The quantitative estimate of drug-likeness (QED) is 0.553. The summed E-state index contributed by atoms with van der Waals surface area (Å²) in [7, 11) is 3.12. The second-order valence-electron chi connectivity index (χ2n) is 6.88. The fourth-order valence-corrected chi connectivity index (χ4v) is 4.37. The number of hydrogen-bond donors (Lipinski definition) is 1. The average molecular weight is 418 g/mol. The number of aromatic nitrogens is 2. The summed E-state index contributed by atoms with van der Waals surface area (Å²) >= 11 is 13.1. The van der Waals surface area contributed by atoms with Gasteiger partial charge in [-0.25, -0.2) is 9.97 Å². The summed E-state index contributed by atoms with van der Waals surface area (Å²) in [6.45, 7) is 0. The van der Waals surface area contributed by atoms with E-state index >= 15 is 0 Å². The monoisotopic (exact) mass is 417 g/mol. The Balaban J connectivity index is 1.74. The van der Waals surface area contributed by atoms with Crippen LogP contribution in [-0.2, 0) is 0 Å². The zero-order valence-corrected chi connectivity index (χ0v) is 17.3. The molecule has 1 aliphatic rings. The van der Waals surface area contributed by atoms with E-state index in [4.69, 9.17) is 32.7 Å². The van der Waals surface area contributed by atoms with Gasteiger partial charge in [0.1, 0.15) is 11.5 Å². The van der Waals surface area contributed by atoms with Crippen LogP contribution in [0.4, 0.5) is 5.95 Å². The van der Waals surface area contributed by atoms with Gasteiger partial charge in [-0.15, -0.1) is 0 Å². The predicted octanol–water partition coefficient (Wildman–Crippen LogP) is 5.98. The minimum Gasteiger partial charge on any atom is -0.495 e. The fraction of sp³-hybridized carbons (Fsp3) is 0.333. The number of nitrogens with zero attached hydrogens (tertiary/aromatic N) is 2. The Kier molecular flexibility index (Phi) is 5.47. The maximum Gasteiger partial charge on any atom is 0.223 e. The van der Waals surface area contributed by atoms with Crippen molar-refractivity contribution in [1.29, 1.82) is 0 Å². The van der Waals surface area contributed by atoms with Crippen molar-refractivity contribution in [3.8, 4) is 22.6 Å². The molecule has 5 nitrogen and oxygen atoms in total. The number of anilines is 1. The van der Waals surface area contributed by atoms with Gasteiger partial charge >= 0.3 is 0 Å². The van der Waals surface area contributed by atoms with Gasteiger partial charge in [-0.2, -0.15) is 0 Å². The summed E-state index contributed by atoms with van der Waals surface area (Å²) in [5.74, 6) is 1.68. The van der Waals surface area contributed by atoms with Crippen molar-refractivity contribution in [2.75, 3.05) is 19.5 Å². The van der Waals surface area contributed by atoms with E-state index in [9.17, 15) is 0 Å². The molecule has 4 rings (SSSR count). The van der Waals surface area contributed by atoms with Crippen LogP contribution in [0.5, 0.6) is 11.5 Å². The molecule has 0 aliphatic heterocycles. The number of fused-ring (bicyclic) bond motifs is 1. The molecule has 0 amide bonds. The fourth-order valence-electron chi connectivity index (χ4n) is 3.65. The van der Waals surface area contributed by atoms with Gasteiger partial charge in [0, 0.05) is 29.3 Å². The highest BCUT2D eigenvalue weighted by Crippen LogP contribution is 2.46. The van der Waals surface area contributed by atoms with Crippen molar-refractivity contribution in [3.05, 3.63) is 40.5 Å². The van der Waals surface area contributed by atoms with Crippen molar-refractivity contribution in [3.63, 3.8) is 0 Å². The SMILES string of the molecule is COc1cc(OC)c(Cl)c(-c2ccc3nc(NC4CCCC4)ncc3c2)c1Cl. The van der Waals surface area contributed by atoms with Crippen LogP contribution in [0.1, 0.15) is 25.7 Å². The third kappa shape index (κ3) is 3.56. The van der Waals surface area contributed by atoms with Crippen molar-refractivity contribution in [2.45, 2.75) is 31.7 Å². The van der Waals surface area contributed by atoms with E-state index in [1.165, 1.54) is 25.7 Å². The highest BCUT2D eigenvalue weighted by atomic mass is 35.5. The molecule has 0 radical (unpaired) electrons. The average Bonchev–Trinajstić information content (AvgIpc) is 3.21. The normalized spacial score (nSPS) is 14.4. The maximum absolute atomic E-state index is 6.54. The lowest BCUT2D eigenvalue weighted by Gasteiger charge is -2.15. The van der Waals surface area contributed by atoms with Crippen LogP contribution >= 0.6 is 23.2 Å². The number of rotatable bonds is 5. The van der Waals surface area contributed by atoms with Gasteiger partial charge in [0.25, 0.3) is 0 Å². The largest absolute Gasteiger partial charge is 0.495 e. The molecule has 1 N–H and O–H groups in total. The molecule has 1 fully saturated rings. The molecule has 0 saturated heterocycles. The number of benzene rings is 2. The van der Waals surface area contributed by atoms with Crippen molar-refractivity contribution < 1.29 is 9.47 Å². The maximum atomic E-state index is 6.54. The van der Waals surface area contributed by atoms with Crippen LogP contribution in [0.25, 0.3) is 22.0 Å². The molecule has 2 aromatic carbocycles. The summed E-state index contributed by atoms with van der Waals surface area (Å²) in [6.07, 6.45) is 6.70. The van der Waals surface area contributed by atoms with E-state index < -0.39 is 0 Å². The summed E-state index contributed by atoms with van der Waals surface area (Å²) in [4.78, 5) is 9.13. The highest BCUT2D eigenvalue weighted by molar-refractivity contribution is 6.41. The van der Waals surface area contributed by atoms with E-state index in [1.807, 2.05) is 24.4 Å². The third-order valence-corrected chi connectivity index (χ3v) is 5.88. The highest BCUT2D eigenvalue weighted by Gasteiger charge is 2.19. The molecule has 146 valence electrons. The Hall–Kier alpha value is -2.24. The molecule has 0 bridgehead atoms. The molecule has 3 aromatic rings. The molecule has 1 saturated carbocycles. The van der Waals surface area contributed by atoms with Crippen LogP contribution < -0.4 is 14.8 Å². The zero-order chi connectivity index (χ0) is 19.7.